The number of hydrogen-bond donors (Lipinski definition) is 0. The SMILES string of the molecule is Cc1nn(C)c(N(C)C)c1-c1noc(C)c1C(=O)N1CCOCC1. The molecule has 2 aromatic rings. The molecule has 0 bridgehead atoms. The lowest BCUT2D eigenvalue weighted by molar-refractivity contribution is 0.0302. The Balaban J connectivity index is 2.10. The van der Waals surface area contributed by atoms with Crippen LogP contribution in [-0.2, 0) is 11.8 Å². The number of amides is 1. The van der Waals surface area contributed by atoms with Crippen molar-refractivity contribution < 1.29 is 14.1 Å². The van der Waals surface area contributed by atoms with E-state index >= 15 is 0 Å². The quantitative estimate of drug-likeness (QED) is 0.841. The third kappa shape index (κ3) is 2.66. The molecule has 130 valence electrons. The number of ether oxygens (including phenoxy) is 1. The Bertz CT molecular complexity index is 756. The molecule has 3 rings (SSSR count). The Morgan fingerprint density at radius 1 is 1.21 bits per heavy atom. The Kier molecular flexibility index (Phi) is 4.31. The van der Waals surface area contributed by atoms with Crippen LogP contribution in [0.25, 0.3) is 11.3 Å². The van der Waals surface area contributed by atoms with Gasteiger partial charge < -0.3 is 19.1 Å². The van der Waals surface area contributed by atoms with Gasteiger partial charge in [-0.3, -0.25) is 9.48 Å². The molecule has 0 atom stereocenters. The van der Waals surface area contributed by atoms with E-state index in [1.54, 1.807) is 16.5 Å². The van der Waals surface area contributed by atoms with Crippen molar-refractivity contribution in [1.82, 2.24) is 19.8 Å². The average molecular weight is 333 g/mol. The van der Waals surface area contributed by atoms with Gasteiger partial charge in [-0.1, -0.05) is 5.16 Å². The van der Waals surface area contributed by atoms with Crippen molar-refractivity contribution in [2.24, 2.45) is 7.05 Å². The van der Waals surface area contributed by atoms with Crippen molar-refractivity contribution in [3.8, 4) is 11.3 Å². The van der Waals surface area contributed by atoms with Gasteiger partial charge in [0, 0.05) is 34.2 Å². The van der Waals surface area contributed by atoms with Crippen LogP contribution in [0.4, 0.5) is 5.82 Å². The van der Waals surface area contributed by atoms with Gasteiger partial charge in [0.2, 0.25) is 0 Å². The second kappa shape index (κ2) is 6.27. The summed E-state index contributed by atoms with van der Waals surface area (Å²) in [5.74, 6) is 1.34. The normalized spacial score (nSPS) is 15.0. The lowest BCUT2D eigenvalue weighted by Crippen LogP contribution is -2.41. The van der Waals surface area contributed by atoms with Crippen LogP contribution in [0.2, 0.25) is 0 Å². The van der Waals surface area contributed by atoms with E-state index < -0.39 is 0 Å². The summed E-state index contributed by atoms with van der Waals surface area (Å²) in [6, 6.07) is 0. The van der Waals surface area contributed by atoms with E-state index in [0.717, 1.165) is 17.1 Å². The van der Waals surface area contributed by atoms with Crippen LogP contribution in [0.15, 0.2) is 4.52 Å². The van der Waals surface area contributed by atoms with Crippen molar-refractivity contribution in [2.75, 3.05) is 45.3 Å². The zero-order valence-corrected chi connectivity index (χ0v) is 14.8. The number of carbonyl (C=O) groups excluding carboxylic acids is 1. The zero-order chi connectivity index (χ0) is 17.4. The average Bonchev–Trinajstić information content (AvgIpc) is 3.06. The molecule has 3 heterocycles. The standard InChI is InChI=1S/C16H23N5O3/c1-10-12(15(19(3)4)20(5)17-10)14-13(11(2)24-18-14)16(22)21-6-8-23-9-7-21/h6-9H2,1-5H3. The van der Waals surface area contributed by atoms with Gasteiger partial charge in [0.25, 0.3) is 5.91 Å². The Labute approximate surface area is 140 Å². The third-order valence-electron chi connectivity index (χ3n) is 4.23. The minimum Gasteiger partial charge on any atom is -0.378 e. The summed E-state index contributed by atoms with van der Waals surface area (Å²) in [7, 11) is 5.76. The van der Waals surface area contributed by atoms with E-state index in [-0.39, 0.29) is 5.91 Å². The minimum absolute atomic E-state index is 0.0694. The van der Waals surface area contributed by atoms with Crippen molar-refractivity contribution in [3.63, 3.8) is 0 Å². The molecular weight excluding hydrogens is 310 g/mol. The summed E-state index contributed by atoms with van der Waals surface area (Å²) in [5, 5.41) is 8.66. The summed E-state index contributed by atoms with van der Waals surface area (Å²) in [6.07, 6.45) is 0. The van der Waals surface area contributed by atoms with Crippen molar-refractivity contribution in [3.05, 3.63) is 17.0 Å². The molecule has 8 heteroatoms. The number of rotatable bonds is 3. The number of morpholine rings is 1. The van der Waals surface area contributed by atoms with Crippen LogP contribution in [0.1, 0.15) is 21.8 Å². The van der Waals surface area contributed by atoms with E-state index in [0.29, 0.717) is 43.3 Å². The van der Waals surface area contributed by atoms with Gasteiger partial charge in [-0.15, -0.1) is 0 Å². The van der Waals surface area contributed by atoms with E-state index in [2.05, 4.69) is 10.3 Å². The van der Waals surface area contributed by atoms with Gasteiger partial charge in [-0.25, -0.2) is 0 Å². The maximum atomic E-state index is 13.0. The summed E-state index contributed by atoms with van der Waals surface area (Å²) >= 11 is 0. The fraction of sp³-hybridized carbons (Fsp3) is 0.562. The smallest absolute Gasteiger partial charge is 0.259 e. The molecule has 0 radical (unpaired) electrons. The van der Waals surface area contributed by atoms with E-state index in [9.17, 15) is 4.79 Å². The highest BCUT2D eigenvalue weighted by Crippen LogP contribution is 2.35. The highest BCUT2D eigenvalue weighted by atomic mass is 16.5. The maximum absolute atomic E-state index is 13.0. The lowest BCUT2D eigenvalue weighted by Gasteiger charge is -2.26. The van der Waals surface area contributed by atoms with E-state index in [1.165, 1.54) is 0 Å². The first-order chi connectivity index (χ1) is 11.4. The van der Waals surface area contributed by atoms with Gasteiger partial charge in [-0.05, 0) is 13.8 Å². The van der Waals surface area contributed by atoms with Gasteiger partial charge >= 0.3 is 0 Å². The van der Waals surface area contributed by atoms with Crippen LogP contribution >= 0.6 is 0 Å². The van der Waals surface area contributed by atoms with Crippen molar-refractivity contribution in [2.45, 2.75) is 13.8 Å². The fourth-order valence-electron chi connectivity index (χ4n) is 3.16. The van der Waals surface area contributed by atoms with Crippen LogP contribution in [0, 0.1) is 13.8 Å². The maximum Gasteiger partial charge on any atom is 0.259 e. The summed E-state index contributed by atoms with van der Waals surface area (Å²) < 4.78 is 12.5. The van der Waals surface area contributed by atoms with Crippen molar-refractivity contribution >= 4 is 11.7 Å². The molecule has 1 fully saturated rings. The molecule has 1 saturated heterocycles. The monoisotopic (exact) mass is 333 g/mol. The molecular formula is C16H23N5O3. The first kappa shape index (κ1) is 16.5. The minimum atomic E-state index is -0.0694. The molecule has 1 amide bonds. The Morgan fingerprint density at radius 3 is 2.50 bits per heavy atom. The number of hydrogen-bond acceptors (Lipinski definition) is 6. The molecule has 0 spiro atoms. The van der Waals surface area contributed by atoms with E-state index in [4.69, 9.17) is 9.26 Å². The molecule has 1 aliphatic rings. The predicted octanol–water partition coefficient (Wildman–Crippen LogP) is 1.23. The van der Waals surface area contributed by atoms with E-state index in [1.807, 2.05) is 33.0 Å². The molecule has 0 aromatic carbocycles. The molecule has 2 aromatic heterocycles. The zero-order valence-electron chi connectivity index (χ0n) is 14.8. The third-order valence-corrected chi connectivity index (χ3v) is 4.23. The van der Waals surface area contributed by atoms with Crippen LogP contribution in [0.3, 0.4) is 0 Å². The number of anilines is 1. The lowest BCUT2D eigenvalue weighted by atomic mass is 10.0. The van der Waals surface area contributed by atoms with Crippen LogP contribution in [0.5, 0.6) is 0 Å². The first-order valence-electron chi connectivity index (χ1n) is 7.96. The topological polar surface area (TPSA) is 76.6 Å². The number of carbonyl (C=O) groups is 1. The number of aryl methyl sites for hydroxylation is 3. The fourth-order valence-corrected chi connectivity index (χ4v) is 3.16. The number of aromatic nitrogens is 3. The predicted molar refractivity (Wildman–Crippen MR) is 89.2 cm³/mol. The molecule has 24 heavy (non-hydrogen) atoms. The summed E-state index contributed by atoms with van der Waals surface area (Å²) in [6.45, 7) is 5.95. The highest BCUT2D eigenvalue weighted by molar-refractivity contribution is 6.02. The molecule has 1 aliphatic heterocycles. The molecule has 8 nitrogen and oxygen atoms in total. The second-order valence-electron chi connectivity index (χ2n) is 6.17. The molecule has 0 unspecified atom stereocenters. The molecule has 0 N–H and O–H groups in total. The van der Waals surface area contributed by atoms with Gasteiger partial charge in [0.1, 0.15) is 22.8 Å². The highest BCUT2D eigenvalue weighted by Gasteiger charge is 2.31. The van der Waals surface area contributed by atoms with Gasteiger partial charge in [0.15, 0.2) is 0 Å². The molecule has 0 aliphatic carbocycles. The second-order valence-corrected chi connectivity index (χ2v) is 6.17. The number of nitrogens with zero attached hydrogens (tertiary/aromatic N) is 5. The van der Waals surface area contributed by atoms with Gasteiger partial charge in [0.05, 0.1) is 24.5 Å². The first-order valence-corrected chi connectivity index (χ1v) is 7.96. The van der Waals surface area contributed by atoms with Crippen LogP contribution in [-0.4, -0.2) is 66.1 Å². The Morgan fingerprint density at radius 2 is 1.88 bits per heavy atom. The summed E-state index contributed by atoms with van der Waals surface area (Å²) in [5.41, 5.74) is 2.70. The largest absolute Gasteiger partial charge is 0.378 e. The van der Waals surface area contributed by atoms with Crippen LogP contribution < -0.4 is 4.90 Å². The van der Waals surface area contributed by atoms with Crippen molar-refractivity contribution in [1.29, 1.82) is 0 Å². The van der Waals surface area contributed by atoms with Gasteiger partial charge in [-0.2, -0.15) is 5.10 Å². The Hall–Kier alpha value is -2.35. The molecule has 0 saturated carbocycles. The summed E-state index contributed by atoms with van der Waals surface area (Å²) in [4.78, 5) is 16.8.